The van der Waals surface area contributed by atoms with Gasteiger partial charge in [0.05, 0.1) is 39.3 Å². The summed E-state index contributed by atoms with van der Waals surface area (Å²) in [6.45, 7) is 0.834. The van der Waals surface area contributed by atoms with Gasteiger partial charge >= 0.3 is 5.97 Å². The normalized spacial score (nSPS) is 10.4. The number of benzene rings is 1. The fourth-order valence-corrected chi connectivity index (χ4v) is 2.02. The molecule has 0 unspecified atom stereocenters. The second kappa shape index (κ2) is 6.90. The highest BCUT2D eigenvalue weighted by molar-refractivity contribution is 5.90. The monoisotopic (exact) mass is 290 g/mol. The van der Waals surface area contributed by atoms with Gasteiger partial charge in [-0.2, -0.15) is 5.10 Å². The third-order valence-electron chi connectivity index (χ3n) is 3.13. The third kappa shape index (κ3) is 3.41. The molecule has 0 radical (unpaired) electrons. The Kier molecular flexibility index (Phi) is 4.94. The minimum absolute atomic E-state index is 0.292. The zero-order chi connectivity index (χ0) is 15.2. The van der Waals surface area contributed by atoms with Crippen LogP contribution < -0.4 is 4.74 Å². The highest BCUT2D eigenvalue weighted by Gasteiger charge is 2.17. The van der Waals surface area contributed by atoms with Crippen molar-refractivity contribution in [1.82, 2.24) is 9.78 Å². The largest absolute Gasteiger partial charge is 0.497 e. The lowest BCUT2D eigenvalue weighted by atomic mass is 10.2. The Balaban J connectivity index is 2.25. The van der Waals surface area contributed by atoms with E-state index in [1.807, 2.05) is 24.3 Å². The molecule has 0 saturated heterocycles. The van der Waals surface area contributed by atoms with Crippen molar-refractivity contribution in [1.29, 1.82) is 0 Å². The summed E-state index contributed by atoms with van der Waals surface area (Å²) in [6.07, 6.45) is 1.50. The van der Waals surface area contributed by atoms with E-state index in [1.165, 1.54) is 13.3 Å². The van der Waals surface area contributed by atoms with Crippen LogP contribution in [-0.2, 0) is 22.6 Å². The molecule has 1 aromatic carbocycles. The first-order valence-corrected chi connectivity index (χ1v) is 6.44. The van der Waals surface area contributed by atoms with Gasteiger partial charge < -0.3 is 14.2 Å². The molecule has 6 nitrogen and oxygen atoms in total. The van der Waals surface area contributed by atoms with Crippen LogP contribution >= 0.6 is 0 Å². The summed E-state index contributed by atoms with van der Waals surface area (Å²) in [5.41, 5.74) is 2.17. The van der Waals surface area contributed by atoms with Gasteiger partial charge in [0.25, 0.3) is 0 Å². The molecule has 0 amide bonds. The molecule has 0 spiro atoms. The van der Waals surface area contributed by atoms with Gasteiger partial charge in [-0.05, 0) is 17.7 Å². The lowest BCUT2D eigenvalue weighted by molar-refractivity contribution is 0.0595. The second-order valence-corrected chi connectivity index (χ2v) is 4.44. The Morgan fingerprint density at radius 3 is 2.48 bits per heavy atom. The number of methoxy groups -OCH3 is 3. The molecule has 0 bridgehead atoms. The predicted octanol–water partition coefficient (Wildman–Crippen LogP) is 1.87. The van der Waals surface area contributed by atoms with Crippen LogP contribution in [0.4, 0.5) is 0 Å². The fraction of sp³-hybridized carbons (Fsp3) is 0.333. The lowest BCUT2D eigenvalue weighted by Gasteiger charge is -2.09. The summed E-state index contributed by atoms with van der Waals surface area (Å²) in [5.74, 6) is 0.384. The molecule has 0 aliphatic heterocycles. The molecule has 0 aliphatic rings. The van der Waals surface area contributed by atoms with Gasteiger partial charge in [0.15, 0.2) is 0 Å². The van der Waals surface area contributed by atoms with E-state index >= 15 is 0 Å². The van der Waals surface area contributed by atoms with E-state index in [2.05, 4.69) is 5.10 Å². The molecular weight excluding hydrogens is 272 g/mol. The first-order valence-electron chi connectivity index (χ1n) is 6.44. The summed E-state index contributed by atoms with van der Waals surface area (Å²) in [4.78, 5) is 11.7. The molecule has 0 N–H and O–H groups in total. The first-order chi connectivity index (χ1) is 10.2. The summed E-state index contributed by atoms with van der Waals surface area (Å²) in [7, 11) is 4.55. The summed E-state index contributed by atoms with van der Waals surface area (Å²) >= 11 is 0. The molecular formula is C15H18N2O4. The van der Waals surface area contributed by atoms with Gasteiger partial charge in [0, 0.05) is 7.11 Å². The molecule has 0 saturated carbocycles. The zero-order valence-electron chi connectivity index (χ0n) is 12.3. The summed E-state index contributed by atoms with van der Waals surface area (Å²) in [5, 5.41) is 4.25. The molecule has 21 heavy (non-hydrogen) atoms. The number of esters is 1. The standard InChI is InChI=1S/C15H18N2O4/c1-19-10-14-13(15(18)21-3)8-16-17(14)9-11-4-6-12(20-2)7-5-11/h4-8H,9-10H2,1-3H3. The molecule has 1 heterocycles. The molecule has 0 fully saturated rings. The van der Waals surface area contributed by atoms with Crippen molar-refractivity contribution in [2.24, 2.45) is 0 Å². The van der Waals surface area contributed by atoms with E-state index in [0.29, 0.717) is 24.4 Å². The van der Waals surface area contributed by atoms with Crippen molar-refractivity contribution in [3.63, 3.8) is 0 Å². The van der Waals surface area contributed by atoms with Crippen LogP contribution in [0.25, 0.3) is 0 Å². The number of rotatable bonds is 6. The number of ether oxygens (including phenoxy) is 3. The van der Waals surface area contributed by atoms with E-state index in [-0.39, 0.29) is 0 Å². The molecule has 0 aliphatic carbocycles. The van der Waals surface area contributed by atoms with Crippen molar-refractivity contribution >= 4 is 5.97 Å². The van der Waals surface area contributed by atoms with E-state index < -0.39 is 5.97 Å². The average molecular weight is 290 g/mol. The fourth-order valence-electron chi connectivity index (χ4n) is 2.02. The Morgan fingerprint density at radius 1 is 1.19 bits per heavy atom. The molecule has 2 aromatic rings. The van der Waals surface area contributed by atoms with Gasteiger partial charge in [-0.15, -0.1) is 0 Å². The maximum absolute atomic E-state index is 11.7. The zero-order valence-corrected chi connectivity index (χ0v) is 12.3. The molecule has 2 rings (SSSR count). The molecule has 0 atom stereocenters. The summed E-state index contributed by atoms with van der Waals surface area (Å²) < 4.78 is 16.8. The third-order valence-corrected chi connectivity index (χ3v) is 3.13. The van der Waals surface area contributed by atoms with Crippen LogP contribution in [0.5, 0.6) is 5.75 Å². The van der Waals surface area contributed by atoms with Crippen molar-refractivity contribution in [2.45, 2.75) is 13.2 Å². The minimum Gasteiger partial charge on any atom is -0.497 e. The van der Waals surface area contributed by atoms with Crippen molar-refractivity contribution in [2.75, 3.05) is 21.3 Å². The Bertz CT molecular complexity index is 605. The number of hydrogen-bond donors (Lipinski definition) is 0. The highest BCUT2D eigenvalue weighted by atomic mass is 16.5. The van der Waals surface area contributed by atoms with Crippen LogP contribution in [0.2, 0.25) is 0 Å². The Morgan fingerprint density at radius 2 is 1.90 bits per heavy atom. The average Bonchev–Trinajstić information content (AvgIpc) is 2.90. The highest BCUT2D eigenvalue weighted by Crippen LogP contribution is 2.16. The van der Waals surface area contributed by atoms with Gasteiger partial charge in [0.2, 0.25) is 0 Å². The Labute approximate surface area is 123 Å². The number of nitrogens with zero attached hydrogens (tertiary/aromatic N) is 2. The summed E-state index contributed by atoms with van der Waals surface area (Å²) in [6, 6.07) is 7.68. The van der Waals surface area contributed by atoms with E-state index in [4.69, 9.17) is 14.2 Å². The molecule has 1 aromatic heterocycles. The topological polar surface area (TPSA) is 62.6 Å². The van der Waals surface area contributed by atoms with Crippen molar-refractivity contribution in [3.05, 3.63) is 47.3 Å². The van der Waals surface area contributed by atoms with Crippen LogP contribution in [0, 0.1) is 0 Å². The van der Waals surface area contributed by atoms with Crippen LogP contribution in [0.15, 0.2) is 30.5 Å². The smallest absolute Gasteiger partial charge is 0.341 e. The predicted molar refractivity (Wildman–Crippen MR) is 76.4 cm³/mol. The lowest BCUT2D eigenvalue weighted by Crippen LogP contribution is -2.11. The Hall–Kier alpha value is -2.34. The van der Waals surface area contributed by atoms with Crippen LogP contribution in [0.3, 0.4) is 0 Å². The number of carbonyl (C=O) groups excluding carboxylic acids is 1. The van der Waals surface area contributed by atoms with Crippen LogP contribution in [0.1, 0.15) is 21.6 Å². The maximum atomic E-state index is 11.7. The first kappa shape index (κ1) is 15.1. The van der Waals surface area contributed by atoms with E-state index in [1.54, 1.807) is 18.9 Å². The van der Waals surface area contributed by atoms with Gasteiger partial charge in [0.1, 0.15) is 11.3 Å². The van der Waals surface area contributed by atoms with Gasteiger partial charge in [-0.3, -0.25) is 4.68 Å². The number of hydrogen-bond acceptors (Lipinski definition) is 5. The number of carbonyl (C=O) groups is 1. The maximum Gasteiger partial charge on any atom is 0.341 e. The van der Waals surface area contributed by atoms with Crippen molar-refractivity contribution < 1.29 is 19.0 Å². The number of aromatic nitrogens is 2. The second-order valence-electron chi connectivity index (χ2n) is 4.44. The van der Waals surface area contributed by atoms with E-state index in [9.17, 15) is 4.79 Å². The minimum atomic E-state index is -0.414. The van der Waals surface area contributed by atoms with E-state index in [0.717, 1.165) is 11.3 Å². The van der Waals surface area contributed by atoms with Gasteiger partial charge in [-0.1, -0.05) is 12.1 Å². The quantitative estimate of drug-likeness (QED) is 0.760. The van der Waals surface area contributed by atoms with Crippen molar-refractivity contribution in [3.8, 4) is 5.75 Å². The molecule has 6 heteroatoms. The SMILES string of the molecule is COCc1c(C(=O)OC)cnn1Cc1ccc(OC)cc1. The van der Waals surface area contributed by atoms with Gasteiger partial charge in [-0.25, -0.2) is 4.79 Å². The van der Waals surface area contributed by atoms with Crippen LogP contribution in [-0.4, -0.2) is 37.1 Å². The molecule has 112 valence electrons.